The van der Waals surface area contributed by atoms with E-state index in [1.807, 2.05) is 0 Å². The molecule has 2 N–H and O–H groups in total. The Morgan fingerprint density at radius 2 is 2.27 bits per heavy atom. The van der Waals surface area contributed by atoms with Crippen LogP contribution >= 0.6 is 11.3 Å². The number of carbonyl (C=O) groups is 1. The summed E-state index contributed by atoms with van der Waals surface area (Å²) in [5.74, 6) is -0.793. The van der Waals surface area contributed by atoms with Crippen molar-refractivity contribution < 1.29 is 23.1 Å². The molecule has 0 bridgehead atoms. The van der Waals surface area contributed by atoms with E-state index in [0.29, 0.717) is 10.6 Å². The summed E-state index contributed by atoms with van der Waals surface area (Å²) in [5.41, 5.74) is 0. The summed E-state index contributed by atoms with van der Waals surface area (Å²) in [6.45, 7) is 0. The third-order valence-corrected chi connectivity index (χ3v) is 5.22. The van der Waals surface area contributed by atoms with Crippen LogP contribution in [0.15, 0.2) is 40.9 Å². The predicted octanol–water partition coefficient (Wildman–Crippen LogP) is 1.65. The molecule has 2 aromatic rings. The molecule has 0 aliphatic rings. The first kappa shape index (κ1) is 16.4. The highest BCUT2D eigenvalue weighted by atomic mass is 32.2. The Labute approximate surface area is 131 Å². The average Bonchev–Trinajstić information content (AvgIpc) is 3.00. The molecule has 2 rings (SSSR count). The molecule has 0 saturated carbocycles. The lowest BCUT2D eigenvalue weighted by molar-refractivity contribution is -0.137. The number of thiophene rings is 1. The van der Waals surface area contributed by atoms with Gasteiger partial charge in [-0.15, -0.1) is 11.3 Å². The zero-order valence-corrected chi connectivity index (χ0v) is 13.2. The summed E-state index contributed by atoms with van der Waals surface area (Å²) < 4.78 is 32.1. The van der Waals surface area contributed by atoms with Crippen LogP contribution in [-0.4, -0.2) is 31.6 Å². The highest BCUT2D eigenvalue weighted by Gasteiger charge is 2.24. The third kappa shape index (κ3) is 4.03. The topological polar surface area (TPSA) is 106 Å². The summed E-state index contributed by atoms with van der Waals surface area (Å²) in [4.78, 5) is 15.3. The lowest BCUT2D eigenvalue weighted by atomic mass is 10.2. The van der Waals surface area contributed by atoms with Crippen LogP contribution in [0.1, 0.15) is 17.3 Å². The predicted molar refractivity (Wildman–Crippen MR) is 80.4 cm³/mol. The Morgan fingerprint density at radius 1 is 1.50 bits per heavy atom. The number of carboxylic acid groups (broad SMARTS) is 1. The van der Waals surface area contributed by atoms with Gasteiger partial charge in [0.25, 0.3) is 0 Å². The van der Waals surface area contributed by atoms with Gasteiger partial charge in [-0.2, -0.15) is 0 Å². The smallest absolute Gasteiger partial charge is 0.305 e. The normalized spacial score (nSPS) is 12.8. The van der Waals surface area contributed by atoms with E-state index >= 15 is 0 Å². The first-order valence-corrected chi connectivity index (χ1v) is 8.55. The lowest BCUT2D eigenvalue weighted by Crippen LogP contribution is -2.30. The van der Waals surface area contributed by atoms with Gasteiger partial charge in [-0.1, -0.05) is 6.07 Å². The zero-order chi connectivity index (χ0) is 16.2. The number of aromatic nitrogens is 1. The largest absolute Gasteiger partial charge is 0.495 e. The van der Waals surface area contributed by atoms with Crippen molar-refractivity contribution >= 4 is 27.3 Å². The van der Waals surface area contributed by atoms with Crippen molar-refractivity contribution in [3.05, 3.63) is 40.8 Å². The number of rotatable bonds is 7. The number of nitrogens with zero attached hydrogens (tertiary/aromatic N) is 1. The molecule has 0 fully saturated rings. The van der Waals surface area contributed by atoms with Gasteiger partial charge in [0.15, 0.2) is 0 Å². The monoisotopic (exact) mass is 342 g/mol. The Hall–Kier alpha value is -1.97. The summed E-state index contributed by atoms with van der Waals surface area (Å²) in [7, 11) is -2.51. The molecule has 0 amide bonds. The molecule has 1 atom stereocenters. The minimum atomic E-state index is -3.91. The molecule has 0 aromatic carbocycles. The van der Waals surface area contributed by atoms with Crippen molar-refractivity contribution in [2.75, 3.05) is 7.11 Å². The number of hydrogen-bond donors (Lipinski definition) is 2. The van der Waals surface area contributed by atoms with Crippen LogP contribution < -0.4 is 9.46 Å². The Morgan fingerprint density at radius 3 is 2.86 bits per heavy atom. The van der Waals surface area contributed by atoms with Crippen LogP contribution in [0, 0.1) is 0 Å². The number of sulfonamides is 1. The van der Waals surface area contributed by atoms with Gasteiger partial charge in [0.1, 0.15) is 10.6 Å². The molecule has 0 aliphatic heterocycles. The highest BCUT2D eigenvalue weighted by Crippen LogP contribution is 2.25. The molecule has 0 spiro atoms. The first-order chi connectivity index (χ1) is 10.4. The molecule has 0 saturated heterocycles. The summed E-state index contributed by atoms with van der Waals surface area (Å²) in [6, 6.07) is 3.90. The molecular formula is C13H14N2O5S2. The fourth-order valence-electron chi connectivity index (χ4n) is 1.78. The van der Waals surface area contributed by atoms with Gasteiger partial charge in [-0.25, -0.2) is 13.1 Å². The van der Waals surface area contributed by atoms with Crippen molar-refractivity contribution in [1.82, 2.24) is 9.71 Å². The van der Waals surface area contributed by atoms with Gasteiger partial charge in [0, 0.05) is 17.1 Å². The minimum Gasteiger partial charge on any atom is -0.495 e. The van der Waals surface area contributed by atoms with Gasteiger partial charge in [0.2, 0.25) is 10.0 Å². The highest BCUT2D eigenvalue weighted by molar-refractivity contribution is 7.89. The second-order valence-corrected chi connectivity index (χ2v) is 7.04. The third-order valence-electron chi connectivity index (χ3n) is 2.80. The molecule has 2 aromatic heterocycles. The fourth-order valence-corrected chi connectivity index (χ4v) is 3.82. The second kappa shape index (κ2) is 6.86. The van der Waals surface area contributed by atoms with Crippen molar-refractivity contribution in [3.8, 4) is 5.75 Å². The van der Waals surface area contributed by atoms with Gasteiger partial charge < -0.3 is 9.84 Å². The van der Waals surface area contributed by atoms with Gasteiger partial charge in [0.05, 0.1) is 25.8 Å². The maximum Gasteiger partial charge on any atom is 0.305 e. The molecule has 7 nitrogen and oxygen atoms in total. The van der Waals surface area contributed by atoms with Gasteiger partial charge in [-0.3, -0.25) is 9.78 Å². The molecule has 9 heteroatoms. The van der Waals surface area contributed by atoms with E-state index in [0.717, 1.165) is 0 Å². The van der Waals surface area contributed by atoms with Crippen molar-refractivity contribution in [1.29, 1.82) is 0 Å². The van der Waals surface area contributed by atoms with Crippen molar-refractivity contribution in [2.45, 2.75) is 17.4 Å². The van der Waals surface area contributed by atoms with E-state index in [1.165, 1.54) is 36.9 Å². The van der Waals surface area contributed by atoms with E-state index in [1.54, 1.807) is 17.5 Å². The lowest BCUT2D eigenvalue weighted by Gasteiger charge is -2.16. The van der Waals surface area contributed by atoms with Gasteiger partial charge in [-0.05, 0) is 11.4 Å². The Balaban J connectivity index is 2.29. The Bertz CT molecular complexity index is 744. The molecule has 118 valence electrons. The number of nitrogens with one attached hydrogen (secondary N) is 1. The first-order valence-electron chi connectivity index (χ1n) is 6.19. The molecule has 0 aliphatic carbocycles. The standard InChI is InChI=1S/C13H14N2O5S2/c1-20-9-5-10(8-14-7-9)22(18,19)15-11(6-13(16)17)12-3-2-4-21-12/h2-5,7-8,11,15H,6H2,1H3,(H,16,17). The maximum absolute atomic E-state index is 12.4. The van der Waals surface area contributed by atoms with Crippen molar-refractivity contribution in [3.63, 3.8) is 0 Å². The summed E-state index contributed by atoms with van der Waals surface area (Å²) in [6.07, 6.45) is 2.21. The number of aliphatic carboxylic acids is 1. The molecule has 1 unspecified atom stereocenters. The average molecular weight is 342 g/mol. The van der Waals surface area contributed by atoms with Crippen LogP contribution in [0.5, 0.6) is 5.75 Å². The van der Waals surface area contributed by atoms with Crippen LogP contribution in [-0.2, 0) is 14.8 Å². The number of methoxy groups -OCH3 is 1. The maximum atomic E-state index is 12.4. The van der Waals surface area contributed by atoms with Crippen molar-refractivity contribution in [2.24, 2.45) is 0 Å². The van der Waals surface area contributed by atoms with Crippen LogP contribution in [0.4, 0.5) is 0 Å². The number of pyridine rings is 1. The quantitative estimate of drug-likeness (QED) is 0.792. The fraction of sp³-hybridized carbons (Fsp3) is 0.231. The van der Waals surface area contributed by atoms with E-state index < -0.39 is 22.0 Å². The van der Waals surface area contributed by atoms with E-state index in [-0.39, 0.29) is 11.3 Å². The van der Waals surface area contributed by atoms with Crippen LogP contribution in [0.2, 0.25) is 0 Å². The zero-order valence-electron chi connectivity index (χ0n) is 11.6. The number of ether oxygens (including phenoxy) is 1. The number of hydrogen-bond acceptors (Lipinski definition) is 6. The second-order valence-electron chi connectivity index (χ2n) is 4.35. The summed E-state index contributed by atoms with van der Waals surface area (Å²) in [5, 5.41) is 10.7. The van der Waals surface area contributed by atoms with E-state index in [9.17, 15) is 13.2 Å². The Kier molecular flexibility index (Phi) is 5.11. The summed E-state index contributed by atoms with van der Waals surface area (Å²) >= 11 is 1.29. The molecular weight excluding hydrogens is 328 g/mol. The SMILES string of the molecule is COc1cncc(S(=O)(=O)NC(CC(=O)O)c2cccs2)c1. The van der Waals surface area contributed by atoms with E-state index in [4.69, 9.17) is 9.84 Å². The number of carboxylic acids is 1. The van der Waals surface area contributed by atoms with Gasteiger partial charge >= 0.3 is 5.97 Å². The van der Waals surface area contributed by atoms with Crippen LogP contribution in [0.3, 0.4) is 0 Å². The molecule has 2 heterocycles. The van der Waals surface area contributed by atoms with E-state index in [2.05, 4.69) is 9.71 Å². The molecule has 22 heavy (non-hydrogen) atoms. The minimum absolute atomic E-state index is 0.0844. The molecule has 0 radical (unpaired) electrons. The van der Waals surface area contributed by atoms with Crippen LogP contribution in [0.25, 0.3) is 0 Å².